The number of ether oxygens (including phenoxy) is 2. The van der Waals surface area contributed by atoms with E-state index in [-0.39, 0.29) is 18.0 Å². The summed E-state index contributed by atoms with van der Waals surface area (Å²) in [4.78, 5) is 27.6. The standard InChI is InChI=1S/C28H27NO5/c1-4-33-20-12-13-22-24(15-20)34-27(2,3)17-28(22)21-10-5-6-11-23(21)29(26(28)32)16-18-8-7-9-19(14-18)25(30)31/h5-15H,4,16-17H2,1-3H3,(H,30,31). The molecule has 0 aromatic heterocycles. The number of carbonyl (C=O) groups is 2. The van der Waals surface area contributed by atoms with E-state index in [0.717, 1.165) is 22.4 Å². The van der Waals surface area contributed by atoms with Gasteiger partial charge in [-0.05, 0) is 56.2 Å². The molecule has 2 aliphatic rings. The second-order valence-electron chi connectivity index (χ2n) is 9.45. The summed E-state index contributed by atoms with van der Waals surface area (Å²) in [6.07, 6.45) is 0.489. The third kappa shape index (κ3) is 3.41. The van der Waals surface area contributed by atoms with E-state index in [1.54, 1.807) is 23.1 Å². The van der Waals surface area contributed by atoms with E-state index in [9.17, 15) is 14.7 Å². The fourth-order valence-electron chi connectivity index (χ4n) is 5.36. The maximum absolute atomic E-state index is 14.3. The van der Waals surface area contributed by atoms with E-state index in [1.807, 2.05) is 69.3 Å². The van der Waals surface area contributed by atoms with Crippen LogP contribution in [0.4, 0.5) is 5.69 Å². The number of carboxylic acids is 1. The number of hydrogen-bond acceptors (Lipinski definition) is 4. The molecule has 0 aliphatic carbocycles. The minimum atomic E-state index is -0.989. The summed E-state index contributed by atoms with van der Waals surface area (Å²) >= 11 is 0. The SMILES string of the molecule is CCOc1ccc2c(c1)OC(C)(C)CC21C(=O)N(Cc2cccc(C(=O)O)c2)c2ccccc21. The molecule has 2 aliphatic heterocycles. The summed E-state index contributed by atoms with van der Waals surface area (Å²) in [5.41, 5.74) is 2.09. The van der Waals surface area contributed by atoms with Crippen LogP contribution in [0.25, 0.3) is 0 Å². The van der Waals surface area contributed by atoms with Crippen molar-refractivity contribution >= 4 is 17.6 Å². The Hall–Kier alpha value is -3.80. The van der Waals surface area contributed by atoms with Gasteiger partial charge in [0.25, 0.3) is 0 Å². The molecule has 0 radical (unpaired) electrons. The summed E-state index contributed by atoms with van der Waals surface area (Å²) in [6.45, 7) is 6.75. The normalized spacial score (nSPS) is 20.0. The molecule has 1 unspecified atom stereocenters. The molecule has 6 heteroatoms. The van der Waals surface area contributed by atoms with E-state index in [2.05, 4.69) is 0 Å². The van der Waals surface area contributed by atoms with Crippen molar-refractivity contribution < 1.29 is 24.2 Å². The molecular formula is C28H27NO5. The van der Waals surface area contributed by atoms with E-state index in [0.29, 0.717) is 24.5 Å². The molecule has 0 fully saturated rings. The first-order valence-corrected chi connectivity index (χ1v) is 11.5. The summed E-state index contributed by atoms with van der Waals surface area (Å²) in [7, 11) is 0. The number of rotatable bonds is 5. The molecule has 1 spiro atoms. The van der Waals surface area contributed by atoms with E-state index in [1.165, 1.54) is 0 Å². The van der Waals surface area contributed by atoms with Crippen LogP contribution in [0.5, 0.6) is 11.5 Å². The molecule has 0 bridgehead atoms. The number of hydrogen-bond donors (Lipinski definition) is 1. The van der Waals surface area contributed by atoms with Crippen molar-refractivity contribution in [3.8, 4) is 11.5 Å². The predicted molar refractivity (Wildman–Crippen MR) is 129 cm³/mol. The Bertz CT molecular complexity index is 1300. The van der Waals surface area contributed by atoms with E-state index >= 15 is 0 Å². The number of benzene rings is 3. The van der Waals surface area contributed by atoms with Crippen molar-refractivity contribution in [3.05, 3.63) is 89.0 Å². The van der Waals surface area contributed by atoms with Gasteiger partial charge in [0.2, 0.25) is 5.91 Å². The second-order valence-corrected chi connectivity index (χ2v) is 9.45. The predicted octanol–water partition coefficient (Wildman–Crippen LogP) is 5.18. The van der Waals surface area contributed by atoms with Crippen LogP contribution in [0.1, 0.15) is 54.2 Å². The van der Waals surface area contributed by atoms with Gasteiger partial charge in [0.05, 0.1) is 18.7 Å². The molecule has 174 valence electrons. The van der Waals surface area contributed by atoms with E-state index in [4.69, 9.17) is 9.47 Å². The first kappa shape index (κ1) is 22.0. The Morgan fingerprint density at radius 2 is 1.85 bits per heavy atom. The van der Waals surface area contributed by atoms with Crippen LogP contribution in [0.3, 0.4) is 0 Å². The zero-order valence-electron chi connectivity index (χ0n) is 19.5. The first-order chi connectivity index (χ1) is 16.2. The topological polar surface area (TPSA) is 76.1 Å². The highest BCUT2D eigenvalue weighted by atomic mass is 16.5. The molecule has 0 saturated carbocycles. The van der Waals surface area contributed by atoms with Gasteiger partial charge in [-0.2, -0.15) is 0 Å². The third-order valence-corrected chi connectivity index (χ3v) is 6.58. The first-order valence-electron chi connectivity index (χ1n) is 11.5. The summed E-state index contributed by atoms with van der Waals surface area (Å²) in [5.74, 6) is 0.336. The Balaban J connectivity index is 1.65. The van der Waals surface area contributed by atoms with Crippen molar-refractivity contribution in [2.24, 2.45) is 0 Å². The molecule has 1 atom stereocenters. The van der Waals surface area contributed by atoms with Gasteiger partial charge in [0, 0.05) is 23.7 Å². The molecule has 3 aromatic carbocycles. The lowest BCUT2D eigenvalue weighted by molar-refractivity contribution is -0.124. The lowest BCUT2D eigenvalue weighted by Gasteiger charge is -2.43. The van der Waals surface area contributed by atoms with E-state index < -0.39 is 17.0 Å². The van der Waals surface area contributed by atoms with Crippen LogP contribution < -0.4 is 14.4 Å². The quantitative estimate of drug-likeness (QED) is 0.572. The minimum absolute atomic E-state index is 0.0313. The van der Waals surface area contributed by atoms with Crippen molar-refractivity contribution in [2.45, 2.75) is 44.8 Å². The van der Waals surface area contributed by atoms with Crippen molar-refractivity contribution in [2.75, 3.05) is 11.5 Å². The Morgan fingerprint density at radius 1 is 1.06 bits per heavy atom. The zero-order valence-corrected chi connectivity index (χ0v) is 19.5. The molecule has 2 heterocycles. The molecule has 0 saturated heterocycles. The highest BCUT2D eigenvalue weighted by molar-refractivity contribution is 6.11. The minimum Gasteiger partial charge on any atom is -0.494 e. The molecule has 3 aromatic rings. The van der Waals surface area contributed by atoms with Gasteiger partial charge in [-0.3, -0.25) is 4.79 Å². The van der Waals surface area contributed by atoms with Crippen molar-refractivity contribution in [1.29, 1.82) is 0 Å². The third-order valence-electron chi connectivity index (χ3n) is 6.58. The molecule has 5 rings (SSSR count). The van der Waals surface area contributed by atoms with Gasteiger partial charge in [-0.15, -0.1) is 0 Å². The summed E-state index contributed by atoms with van der Waals surface area (Å²) < 4.78 is 12.0. The van der Waals surface area contributed by atoms with Crippen LogP contribution in [-0.4, -0.2) is 29.2 Å². The van der Waals surface area contributed by atoms with Crippen LogP contribution >= 0.6 is 0 Å². The number of anilines is 1. The average Bonchev–Trinajstić information content (AvgIpc) is 3.02. The van der Waals surface area contributed by atoms with Gasteiger partial charge in [0.1, 0.15) is 22.5 Å². The molecular weight excluding hydrogens is 430 g/mol. The monoisotopic (exact) mass is 457 g/mol. The van der Waals surface area contributed by atoms with Gasteiger partial charge in [0.15, 0.2) is 0 Å². The fourth-order valence-corrected chi connectivity index (χ4v) is 5.36. The largest absolute Gasteiger partial charge is 0.494 e. The number of amides is 1. The number of carbonyl (C=O) groups excluding carboxylic acids is 1. The highest BCUT2D eigenvalue weighted by Gasteiger charge is 2.58. The molecule has 6 nitrogen and oxygen atoms in total. The van der Waals surface area contributed by atoms with Gasteiger partial charge in [-0.25, -0.2) is 4.79 Å². The summed E-state index contributed by atoms with van der Waals surface area (Å²) in [6, 6.07) is 20.3. The molecule has 1 amide bonds. The number of carboxylic acid groups (broad SMARTS) is 1. The second kappa shape index (κ2) is 7.90. The maximum Gasteiger partial charge on any atom is 0.335 e. The van der Waals surface area contributed by atoms with Crippen LogP contribution in [-0.2, 0) is 16.8 Å². The molecule has 34 heavy (non-hydrogen) atoms. The summed E-state index contributed by atoms with van der Waals surface area (Å²) in [5, 5.41) is 9.40. The zero-order chi connectivity index (χ0) is 24.1. The maximum atomic E-state index is 14.3. The van der Waals surface area contributed by atoms with Crippen molar-refractivity contribution in [3.63, 3.8) is 0 Å². The number of fused-ring (bicyclic) bond motifs is 4. The Labute approximate surface area is 198 Å². The number of aromatic carboxylic acids is 1. The average molecular weight is 458 g/mol. The highest BCUT2D eigenvalue weighted by Crippen LogP contribution is 2.56. The number of nitrogens with zero attached hydrogens (tertiary/aromatic N) is 1. The smallest absolute Gasteiger partial charge is 0.335 e. The van der Waals surface area contributed by atoms with Crippen molar-refractivity contribution in [1.82, 2.24) is 0 Å². The van der Waals surface area contributed by atoms with Crippen LogP contribution in [0.2, 0.25) is 0 Å². The van der Waals surface area contributed by atoms with Gasteiger partial charge < -0.3 is 19.5 Å². The van der Waals surface area contributed by atoms with Crippen LogP contribution in [0, 0.1) is 0 Å². The Kier molecular flexibility index (Phi) is 5.12. The molecule has 1 N–H and O–H groups in total. The lowest BCUT2D eigenvalue weighted by atomic mass is 9.67. The fraction of sp³-hybridized carbons (Fsp3) is 0.286. The van der Waals surface area contributed by atoms with Crippen LogP contribution in [0.15, 0.2) is 66.7 Å². The van der Waals surface area contributed by atoms with Gasteiger partial charge in [-0.1, -0.05) is 36.4 Å². The Morgan fingerprint density at radius 3 is 2.62 bits per heavy atom. The number of para-hydroxylation sites is 1. The lowest BCUT2D eigenvalue weighted by Crippen LogP contribution is -2.50. The van der Waals surface area contributed by atoms with Gasteiger partial charge >= 0.3 is 5.97 Å².